The number of rotatable bonds is 3. The Hall–Kier alpha value is -0.820. The van der Waals surface area contributed by atoms with E-state index in [2.05, 4.69) is 31.2 Å². The van der Waals surface area contributed by atoms with Crippen molar-refractivity contribution >= 4 is 0 Å². The zero-order valence-corrected chi connectivity index (χ0v) is 8.11. The SMILES string of the molecule is CC(C1CC1)[C@H](N)c1ccccc1. The third-order valence-corrected chi connectivity index (χ3v) is 3.12. The van der Waals surface area contributed by atoms with Crippen LogP contribution in [0.25, 0.3) is 0 Å². The average Bonchev–Trinajstić information content (AvgIpc) is 3.00. The van der Waals surface area contributed by atoms with Crippen molar-refractivity contribution < 1.29 is 0 Å². The van der Waals surface area contributed by atoms with Crippen LogP contribution in [0.2, 0.25) is 0 Å². The van der Waals surface area contributed by atoms with Crippen LogP contribution in [-0.4, -0.2) is 0 Å². The van der Waals surface area contributed by atoms with Gasteiger partial charge in [0.2, 0.25) is 0 Å². The molecule has 70 valence electrons. The van der Waals surface area contributed by atoms with Gasteiger partial charge < -0.3 is 5.73 Å². The van der Waals surface area contributed by atoms with E-state index in [0.717, 1.165) is 5.92 Å². The summed E-state index contributed by atoms with van der Waals surface area (Å²) < 4.78 is 0. The molecule has 1 heteroatoms. The molecule has 0 bridgehead atoms. The molecule has 1 aliphatic carbocycles. The summed E-state index contributed by atoms with van der Waals surface area (Å²) in [6.45, 7) is 2.27. The third kappa shape index (κ3) is 1.92. The predicted octanol–water partition coefficient (Wildman–Crippen LogP) is 2.73. The van der Waals surface area contributed by atoms with Gasteiger partial charge in [0.25, 0.3) is 0 Å². The number of nitrogens with two attached hydrogens (primary N) is 1. The van der Waals surface area contributed by atoms with E-state index in [1.165, 1.54) is 18.4 Å². The first-order valence-electron chi connectivity index (χ1n) is 5.09. The highest BCUT2D eigenvalue weighted by molar-refractivity contribution is 5.19. The molecule has 13 heavy (non-hydrogen) atoms. The van der Waals surface area contributed by atoms with Gasteiger partial charge in [-0.25, -0.2) is 0 Å². The molecule has 1 unspecified atom stereocenters. The van der Waals surface area contributed by atoms with Gasteiger partial charge in [0.1, 0.15) is 0 Å². The Bertz CT molecular complexity index is 264. The molecule has 0 spiro atoms. The van der Waals surface area contributed by atoms with Crippen LogP contribution in [0.4, 0.5) is 0 Å². The smallest absolute Gasteiger partial charge is 0.0323 e. The van der Waals surface area contributed by atoms with Crippen LogP contribution < -0.4 is 5.73 Å². The van der Waals surface area contributed by atoms with Crippen molar-refractivity contribution in [2.75, 3.05) is 0 Å². The topological polar surface area (TPSA) is 26.0 Å². The van der Waals surface area contributed by atoms with Gasteiger partial charge in [0.15, 0.2) is 0 Å². The zero-order valence-electron chi connectivity index (χ0n) is 8.11. The fraction of sp³-hybridized carbons (Fsp3) is 0.500. The molecule has 2 atom stereocenters. The van der Waals surface area contributed by atoms with Crippen LogP contribution in [0.15, 0.2) is 30.3 Å². The fourth-order valence-electron chi connectivity index (χ4n) is 1.89. The Morgan fingerprint density at radius 1 is 1.23 bits per heavy atom. The van der Waals surface area contributed by atoms with Crippen LogP contribution in [0.1, 0.15) is 31.4 Å². The molecule has 0 amide bonds. The van der Waals surface area contributed by atoms with E-state index in [4.69, 9.17) is 5.73 Å². The largest absolute Gasteiger partial charge is 0.324 e. The summed E-state index contributed by atoms with van der Waals surface area (Å²) >= 11 is 0. The van der Waals surface area contributed by atoms with Gasteiger partial charge >= 0.3 is 0 Å². The van der Waals surface area contributed by atoms with E-state index >= 15 is 0 Å². The van der Waals surface area contributed by atoms with Crippen molar-refractivity contribution in [3.63, 3.8) is 0 Å². The number of hydrogen-bond acceptors (Lipinski definition) is 1. The first-order chi connectivity index (χ1) is 6.29. The van der Waals surface area contributed by atoms with Crippen LogP contribution in [-0.2, 0) is 0 Å². The summed E-state index contributed by atoms with van der Waals surface area (Å²) in [6, 6.07) is 10.7. The predicted molar refractivity (Wildman–Crippen MR) is 55.3 cm³/mol. The van der Waals surface area contributed by atoms with Crippen molar-refractivity contribution in [3.05, 3.63) is 35.9 Å². The van der Waals surface area contributed by atoms with Crippen molar-refractivity contribution in [1.82, 2.24) is 0 Å². The lowest BCUT2D eigenvalue weighted by molar-refractivity contribution is 0.417. The summed E-state index contributed by atoms with van der Waals surface area (Å²) in [4.78, 5) is 0. The molecule has 1 aliphatic rings. The molecular weight excluding hydrogens is 158 g/mol. The standard InChI is InChI=1S/C12H17N/c1-9(10-7-8-10)12(13)11-5-3-2-4-6-11/h2-6,9-10,12H,7-8,13H2,1H3/t9?,12-/m0/s1. The second-order valence-corrected chi connectivity index (χ2v) is 4.13. The molecule has 0 aromatic heterocycles. The minimum Gasteiger partial charge on any atom is -0.324 e. The third-order valence-electron chi connectivity index (χ3n) is 3.12. The van der Waals surface area contributed by atoms with Crippen molar-refractivity contribution in [2.45, 2.75) is 25.8 Å². The van der Waals surface area contributed by atoms with E-state index in [1.807, 2.05) is 6.07 Å². The quantitative estimate of drug-likeness (QED) is 0.751. The fourth-order valence-corrected chi connectivity index (χ4v) is 1.89. The Morgan fingerprint density at radius 2 is 1.85 bits per heavy atom. The maximum Gasteiger partial charge on any atom is 0.0323 e. The van der Waals surface area contributed by atoms with Crippen LogP contribution in [0.3, 0.4) is 0 Å². The van der Waals surface area contributed by atoms with E-state index in [-0.39, 0.29) is 6.04 Å². The molecule has 1 aromatic carbocycles. The number of hydrogen-bond donors (Lipinski definition) is 1. The summed E-state index contributed by atoms with van der Waals surface area (Å²) in [5, 5.41) is 0. The van der Waals surface area contributed by atoms with Gasteiger partial charge in [-0.3, -0.25) is 0 Å². The van der Waals surface area contributed by atoms with Gasteiger partial charge in [0, 0.05) is 6.04 Å². The molecule has 0 saturated heterocycles. The molecule has 1 fully saturated rings. The molecule has 2 rings (SSSR count). The van der Waals surface area contributed by atoms with Crippen molar-refractivity contribution in [3.8, 4) is 0 Å². The molecule has 0 aliphatic heterocycles. The maximum atomic E-state index is 6.18. The summed E-state index contributed by atoms with van der Waals surface area (Å²) in [7, 11) is 0. The Kier molecular flexibility index (Phi) is 2.36. The monoisotopic (exact) mass is 175 g/mol. The van der Waals surface area contributed by atoms with Gasteiger partial charge in [-0.15, -0.1) is 0 Å². The Balaban J connectivity index is 2.07. The van der Waals surface area contributed by atoms with Crippen LogP contribution in [0.5, 0.6) is 0 Å². The lowest BCUT2D eigenvalue weighted by Gasteiger charge is -2.19. The molecule has 1 nitrogen and oxygen atoms in total. The van der Waals surface area contributed by atoms with Crippen molar-refractivity contribution in [1.29, 1.82) is 0 Å². The highest BCUT2D eigenvalue weighted by atomic mass is 14.7. The Labute approximate surface area is 80.0 Å². The second-order valence-electron chi connectivity index (χ2n) is 4.13. The first kappa shape index (κ1) is 8.76. The van der Waals surface area contributed by atoms with Gasteiger partial charge in [0.05, 0.1) is 0 Å². The van der Waals surface area contributed by atoms with E-state index < -0.39 is 0 Å². The molecule has 0 radical (unpaired) electrons. The highest BCUT2D eigenvalue weighted by Crippen LogP contribution is 2.41. The molecule has 2 N–H and O–H groups in total. The lowest BCUT2D eigenvalue weighted by Crippen LogP contribution is -2.20. The van der Waals surface area contributed by atoms with E-state index in [0.29, 0.717) is 5.92 Å². The minimum absolute atomic E-state index is 0.230. The van der Waals surface area contributed by atoms with Crippen LogP contribution >= 0.6 is 0 Å². The van der Waals surface area contributed by atoms with Gasteiger partial charge in [-0.05, 0) is 30.2 Å². The van der Waals surface area contributed by atoms with Crippen molar-refractivity contribution in [2.24, 2.45) is 17.6 Å². The second kappa shape index (κ2) is 3.51. The molecule has 1 aromatic rings. The Morgan fingerprint density at radius 3 is 2.38 bits per heavy atom. The average molecular weight is 175 g/mol. The molecule has 0 heterocycles. The number of benzene rings is 1. The zero-order chi connectivity index (χ0) is 9.26. The van der Waals surface area contributed by atoms with E-state index in [9.17, 15) is 0 Å². The summed E-state index contributed by atoms with van der Waals surface area (Å²) in [5.41, 5.74) is 7.46. The highest BCUT2D eigenvalue weighted by Gasteiger charge is 2.32. The summed E-state index contributed by atoms with van der Waals surface area (Å²) in [6.07, 6.45) is 2.75. The normalized spacial score (nSPS) is 21.1. The van der Waals surface area contributed by atoms with Gasteiger partial charge in [-0.2, -0.15) is 0 Å². The van der Waals surface area contributed by atoms with E-state index in [1.54, 1.807) is 0 Å². The lowest BCUT2D eigenvalue weighted by atomic mass is 9.92. The maximum absolute atomic E-state index is 6.18. The summed E-state index contributed by atoms with van der Waals surface area (Å²) in [5.74, 6) is 1.53. The first-order valence-corrected chi connectivity index (χ1v) is 5.09. The molecular formula is C12H17N. The van der Waals surface area contributed by atoms with Gasteiger partial charge in [-0.1, -0.05) is 37.3 Å². The van der Waals surface area contributed by atoms with Crippen LogP contribution in [0, 0.1) is 11.8 Å². The molecule has 1 saturated carbocycles. The minimum atomic E-state index is 0.230.